The summed E-state index contributed by atoms with van der Waals surface area (Å²) in [5.41, 5.74) is 12.0. The van der Waals surface area contributed by atoms with Gasteiger partial charge in [-0.3, -0.25) is 0 Å². The SMILES string of the molecule is N#CCc1ccc(Nc2ncnc3ccc(-c4cccc5c4sc4ccc(-c6nc(Nc7ccc(CC#N)cc7)c7cc(-c8cccc9c8oc8ccccc89)ccc7n6)cc45)cc23)cc1. The van der Waals surface area contributed by atoms with E-state index in [1.54, 1.807) is 17.7 Å². The predicted octanol–water partition coefficient (Wildman–Crippen LogP) is 14.5. The number of hydrogen-bond acceptors (Lipinski definition) is 10. The second-order valence-corrected chi connectivity index (χ2v) is 17.2. The smallest absolute Gasteiger partial charge is 0.162 e. The highest BCUT2D eigenvalue weighted by Crippen LogP contribution is 2.43. The average molecular weight is 867 g/mol. The number of furan rings is 1. The Balaban J connectivity index is 0.944. The number of nitrogens with zero attached hydrogens (tertiary/aromatic N) is 6. The number of aromatic nitrogens is 4. The van der Waals surface area contributed by atoms with Crippen LogP contribution in [0.1, 0.15) is 11.1 Å². The van der Waals surface area contributed by atoms with Gasteiger partial charge < -0.3 is 15.1 Å². The number of thiophene rings is 1. The van der Waals surface area contributed by atoms with Crippen molar-refractivity contribution in [1.82, 2.24) is 19.9 Å². The van der Waals surface area contributed by atoms with Gasteiger partial charge in [-0.2, -0.15) is 10.5 Å². The van der Waals surface area contributed by atoms with Gasteiger partial charge >= 0.3 is 0 Å². The predicted molar refractivity (Wildman–Crippen MR) is 267 cm³/mol. The molecule has 0 fully saturated rings. The number of anilines is 4. The maximum Gasteiger partial charge on any atom is 0.162 e. The summed E-state index contributed by atoms with van der Waals surface area (Å²) >= 11 is 1.77. The third-order valence-corrected chi connectivity index (χ3v) is 13.3. The molecule has 9 nitrogen and oxygen atoms in total. The monoisotopic (exact) mass is 866 g/mol. The third kappa shape index (κ3) is 6.86. The van der Waals surface area contributed by atoms with Crippen LogP contribution in [0.4, 0.5) is 23.0 Å². The first-order valence-electron chi connectivity index (χ1n) is 21.5. The van der Waals surface area contributed by atoms with Crippen LogP contribution < -0.4 is 10.6 Å². The van der Waals surface area contributed by atoms with E-state index in [1.165, 1.54) is 4.70 Å². The molecule has 0 amide bonds. The van der Waals surface area contributed by atoms with Crippen molar-refractivity contribution in [3.63, 3.8) is 0 Å². The number of benzene rings is 8. The van der Waals surface area contributed by atoms with E-state index >= 15 is 0 Å². The zero-order chi connectivity index (χ0) is 44.1. The highest BCUT2D eigenvalue weighted by atomic mass is 32.1. The summed E-state index contributed by atoms with van der Waals surface area (Å²) in [7, 11) is 0. The molecule has 12 rings (SSSR count). The van der Waals surface area contributed by atoms with E-state index in [0.717, 1.165) is 110 Å². The van der Waals surface area contributed by atoms with Crippen molar-refractivity contribution >= 4 is 98.3 Å². The Kier molecular flexibility index (Phi) is 9.37. The Labute approximate surface area is 381 Å². The normalized spacial score (nSPS) is 11.4. The van der Waals surface area contributed by atoms with Gasteiger partial charge in [-0.25, -0.2) is 19.9 Å². The first-order chi connectivity index (χ1) is 32.6. The van der Waals surface area contributed by atoms with Gasteiger partial charge in [0, 0.05) is 64.2 Å². The van der Waals surface area contributed by atoms with Crippen molar-refractivity contribution in [2.75, 3.05) is 10.6 Å². The highest BCUT2D eigenvalue weighted by molar-refractivity contribution is 7.26. The van der Waals surface area contributed by atoms with Crippen LogP contribution in [0.3, 0.4) is 0 Å². The van der Waals surface area contributed by atoms with Gasteiger partial charge in [0.15, 0.2) is 5.82 Å². The minimum Gasteiger partial charge on any atom is -0.455 e. The minimum absolute atomic E-state index is 0.343. The molecule has 66 heavy (non-hydrogen) atoms. The molecule has 0 saturated carbocycles. The fourth-order valence-electron chi connectivity index (χ4n) is 8.85. The summed E-state index contributed by atoms with van der Waals surface area (Å²) in [4.78, 5) is 19.6. The molecule has 8 aromatic carbocycles. The van der Waals surface area contributed by atoms with E-state index in [1.807, 2.05) is 72.8 Å². The van der Waals surface area contributed by atoms with E-state index in [0.29, 0.717) is 30.3 Å². The molecule has 0 atom stereocenters. The second-order valence-electron chi connectivity index (χ2n) is 16.2. The van der Waals surface area contributed by atoms with Crippen molar-refractivity contribution in [2.45, 2.75) is 12.8 Å². The highest BCUT2D eigenvalue weighted by Gasteiger charge is 2.18. The zero-order valence-electron chi connectivity index (χ0n) is 35.1. The van der Waals surface area contributed by atoms with Crippen LogP contribution in [-0.4, -0.2) is 19.9 Å². The number of hydrogen-bond donors (Lipinski definition) is 2. The van der Waals surface area contributed by atoms with Crippen molar-refractivity contribution < 1.29 is 4.42 Å². The number of rotatable bonds is 9. The van der Waals surface area contributed by atoms with Crippen LogP contribution in [0.25, 0.3) is 97.6 Å². The van der Waals surface area contributed by atoms with Gasteiger partial charge in [0.25, 0.3) is 0 Å². The van der Waals surface area contributed by atoms with Crippen molar-refractivity contribution in [1.29, 1.82) is 10.5 Å². The van der Waals surface area contributed by atoms with Gasteiger partial charge in [-0.05, 0) is 101 Å². The molecule has 310 valence electrons. The van der Waals surface area contributed by atoms with Crippen molar-refractivity contribution in [3.05, 3.63) is 181 Å². The van der Waals surface area contributed by atoms with Crippen LogP contribution in [-0.2, 0) is 12.8 Å². The van der Waals surface area contributed by atoms with Crippen LogP contribution in [0.15, 0.2) is 175 Å². The lowest BCUT2D eigenvalue weighted by Gasteiger charge is -2.13. The summed E-state index contributed by atoms with van der Waals surface area (Å²) in [5.74, 6) is 1.98. The molecule has 0 aliphatic heterocycles. The summed E-state index contributed by atoms with van der Waals surface area (Å²) in [5, 5.41) is 31.7. The van der Waals surface area contributed by atoms with Gasteiger partial charge in [0.2, 0.25) is 0 Å². The summed E-state index contributed by atoms with van der Waals surface area (Å²) in [6, 6.07) is 60.2. The van der Waals surface area contributed by atoms with E-state index < -0.39 is 0 Å². The molecule has 4 heterocycles. The first kappa shape index (κ1) is 38.7. The topological polar surface area (TPSA) is 136 Å². The van der Waals surface area contributed by atoms with Crippen LogP contribution in [0, 0.1) is 22.7 Å². The molecular weight excluding hydrogens is 833 g/mol. The van der Waals surface area contributed by atoms with Crippen molar-refractivity contribution in [2.24, 2.45) is 0 Å². The Morgan fingerprint density at radius 3 is 1.88 bits per heavy atom. The number of nitriles is 2. The minimum atomic E-state index is 0.343. The lowest BCUT2D eigenvalue weighted by atomic mass is 10.00. The zero-order valence-corrected chi connectivity index (χ0v) is 35.9. The fraction of sp³-hybridized carbons (Fsp3) is 0.0357. The molecule has 0 unspecified atom stereocenters. The van der Waals surface area contributed by atoms with Gasteiger partial charge in [-0.1, -0.05) is 91.0 Å². The Morgan fingerprint density at radius 2 is 1.12 bits per heavy atom. The molecule has 2 N–H and O–H groups in total. The molecule has 0 spiro atoms. The van der Waals surface area contributed by atoms with E-state index in [-0.39, 0.29) is 0 Å². The lowest BCUT2D eigenvalue weighted by Crippen LogP contribution is -2.00. The standard InChI is InChI=1S/C56H34N8OS/c57-27-25-33-11-18-38(19-12-33)61-55-46-30-36(15-22-48(46)59-32-60-55)41-7-4-9-44-45-31-37(17-24-51(45)66-53(41)44)54-63-49-23-16-35(40-6-3-8-43-42-5-1-2-10-50(42)65-52(40)43)29-47(49)56(64-54)62-39-20-13-34(14-21-39)26-28-58/h1-24,29-32H,25-26H2,(H,59,60,61)(H,62,63,64). The summed E-state index contributed by atoms with van der Waals surface area (Å²) in [6.45, 7) is 0. The number of nitrogens with one attached hydrogen (secondary N) is 2. The second kappa shape index (κ2) is 16.0. The maximum absolute atomic E-state index is 9.29. The molecule has 0 saturated heterocycles. The van der Waals surface area contributed by atoms with Gasteiger partial charge in [-0.15, -0.1) is 11.3 Å². The molecule has 0 aliphatic carbocycles. The number of fused-ring (bicyclic) bond motifs is 8. The maximum atomic E-state index is 9.29. The molecule has 0 bridgehead atoms. The lowest BCUT2D eigenvalue weighted by molar-refractivity contribution is 0.670. The average Bonchev–Trinajstić information content (AvgIpc) is 3.94. The van der Waals surface area contributed by atoms with Gasteiger partial charge in [0.1, 0.15) is 29.1 Å². The quantitative estimate of drug-likeness (QED) is 0.145. The Hall–Kier alpha value is -8.96. The molecule has 10 heteroatoms. The van der Waals surface area contributed by atoms with Gasteiger partial charge in [0.05, 0.1) is 36.0 Å². The molecular formula is C56H34N8OS. The Bertz CT molecular complexity index is 3970. The van der Waals surface area contributed by atoms with Crippen LogP contribution in [0.2, 0.25) is 0 Å². The molecule has 4 aromatic heterocycles. The van der Waals surface area contributed by atoms with E-state index in [2.05, 4.69) is 124 Å². The van der Waals surface area contributed by atoms with Crippen LogP contribution in [0.5, 0.6) is 0 Å². The van der Waals surface area contributed by atoms with Crippen molar-refractivity contribution in [3.8, 4) is 45.8 Å². The number of para-hydroxylation sites is 2. The fourth-order valence-corrected chi connectivity index (χ4v) is 10.1. The summed E-state index contributed by atoms with van der Waals surface area (Å²) < 4.78 is 8.78. The first-order valence-corrected chi connectivity index (χ1v) is 22.3. The third-order valence-electron chi connectivity index (χ3n) is 12.1. The molecule has 0 aliphatic rings. The van der Waals surface area contributed by atoms with E-state index in [9.17, 15) is 5.26 Å². The summed E-state index contributed by atoms with van der Waals surface area (Å²) in [6.07, 6.45) is 2.29. The van der Waals surface area contributed by atoms with E-state index in [4.69, 9.17) is 19.6 Å². The van der Waals surface area contributed by atoms with Crippen LogP contribution >= 0.6 is 11.3 Å². The Morgan fingerprint density at radius 1 is 0.500 bits per heavy atom. The largest absolute Gasteiger partial charge is 0.455 e. The molecule has 0 radical (unpaired) electrons. The molecule has 12 aromatic rings.